The van der Waals surface area contributed by atoms with Gasteiger partial charge in [0.25, 0.3) is 0 Å². The van der Waals surface area contributed by atoms with Gasteiger partial charge in [-0.2, -0.15) is 0 Å². The molecule has 0 rings (SSSR count). The maximum atomic E-state index is 11.8. The van der Waals surface area contributed by atoms with Crippen molar-refractivity contribution in [2.45, 2.75) is 41.5 Å². The molecule has 0 radical (unpaired) electrons. The molecule has 0 aliphatic heterocycles. The third-order valence-corrected chi connectivity index (χ3v) is 4.41. The number of carbonyl (C=O) groups is 2. The second-order valence-electron chi connectivity index (χ2n) is 7.16. The second-order valence-corrected chi connectivity index (χ2v) is 9.47. The smallest absolute Gasteiger partial charge is 0.225 e. The maximum absolute atomic E-state index is 11.8. The molecule has 0 saturated carbocycles. The van der Waals surface area contributed by atoms with Crippen LogP contribution in [-0.4, -0.2) is 44.8 Å². The molecule has 21 heavy (non-hydrogen) atoms. The predicted octanol–water partition coefficient (Wildman–Crippen LogP) is 0.726. The van der Waals surface area contributed by atoms with E-state index in [0.717, 1.165) is 0 Å². The fraction of sp³-hybridized carbons (Fsp3) is 0.857. The first-order valence-corrected chi connectivity index (χ1v) is 8.85. The highest BCUT2D eigenvalue weighted by Gasteiger charge is 2.23. The van der Waals surface area contributed by atoms with Crippen LogP contribution in [-0.2, 0) is 19.4 Å². The molecule has 6 nitrogen and oxygen atoms in total. The molecule has 0 atom stereocenters. The van der Waals surface area contributed by atoms with Gasteiger partial charge in [-0.1, -0.05) is 41.5 Å². The van der Waals surface area contributed by atoms with E-state index in [1.165, 1.54) is 0 Å². The van der Waals surface area contributed by atoms with Gasteiger partial charge < -0.3 is 10.6 Å². The number of hydrogen-bond acceptors (Lipinski definition) is 4. The zero-order valence-electron chi connectivity index (χ0n) is 13.9. The minimum absolute atomic E-state index is 0.0889. The molecule has 0 aliphatic carbocycles. The molecule has 2 N–H and O–H groups in total. The van der Waals surface area contributed by atoms with E-state index >= 15 is 0 Å². The summed E-state index contributed by atoms with van der Waals surface area (Å²) in [6.07, 6.45) is 0. The monoisotopic (exact) mass is 320 g/mol. The van der Waals surface area contributed by atoms with Crippen molar-refractivity contribution in [2.24, 2.45) is 10.8 Å². The van der Waals surface area contributed by atoms with Gasteiger partial charge in [0, 0.05) is 23.9 Å². The number of sulfone groups is 1. The first-order chi connectivity index (χ1) is 9.26. The number of rotatable bonds is 6. The lowest BCUT2D eigenvalue weighted by atomic mass is 9.96. The summed E-state index contributed by atoms with van der Waals surface area (Å²) in [6, 6.07) is 0. The Morgan fingerprint density at radius 3 is 1.29 bits per heavy atom. The van der Waals surface area contributed by atoms with Gasteiger partial charge in [-0.25, -0.2) is 8.42 Å². The van der Waals surface area contributed by atoms with Gasteiger partial charge in [-0.15, -0.1) is 0 Å². The number of amides is 2. The van der Waals surface area contributed by atoms with E-state index in [2.05, 4.69) is 10.6 Å². The van der Waals surface area contributed by atoms with E-state index < -0.39 is 20.7 Å². The van der Waals surface area contributed by atoms with Crippen molar-refractivity contribution in [3.05, 3.63) is 0 Å². The van der Waals surface area contributed by atoms with Crippen LogP contribution in [0.15, 0.2) is 0 Å². The fourth-order valence-corrected chi connectivity index (χ4v) is 2.30. The van der Waals surface area contributed by atoms with Crippen molar-refractivity contribution in [1.29, 1.82) is 0 Å². The number of hydrogen-bond donors (Lipinski definition) is 2. The summed E-state index contributed by atoms with van der Waals surface area (Å²) in [5, 5.41) is 5.19. The van der Waals surface area contributed by atoms with Crippen LogP contribution in [0.25, 0.3) is 0 Å². The Labute approximate surface area is 128 Å². The van der Waals surface area contributed by atoms with E-state index in [4.69, 9.17) is 0 Å². The average Bonchev–Trinajstić information content (AvgIpc) is 2.25. The second kappa shape index (κ2) is 7.24. The Balaban J connectivity index is 4.12. The van der Waals surface area contributed by atoms with Crippen molar-refractivity contribution in [3.63, 3.8) is 0 Å². The Morgan fingerprint density at radius 1 is 0.762 bits per heavy atom. The van der Waals surface area contributed by atoms with Gasteiger partial charge in [0.2, 0.25) is 11.8 Å². The average molecular weight is 320 g/mol. The van der Waals surface area contributed by atoms with Crippen molar-refractivity contribution in [1.82, 2.24) is 10.6 Å². The summed E-state index contributed by atoms with van der Waals surface area (Å²) >= 11 is 0. The van der Waals surface area contributed by atoms with Crippen LogP contribution < -0.4 is 10.6 Å². The summed E-state index contributed by atoms with van der Waals surface area (Å²) in [5.74, 6) is -0.613. The standard InChI is InChI=1S/C14H28N2O4S/c1-13(2,3)11(17)15-7-9-21(19,20)10-8-16-12(18)14(4,5)6/h7-10H2,1-6H3,(H,15,17)(H,16,18). The maximum Gasteiger partial charge on any atom is 0.225 e. The zero-order chi connectivity index (χ0) is 16.9. The third kappa shape index (κ3) is 8.70. The Bertz CT molecular complexity index is 432. The molecule has 0 aromatic heterocycles. The lowest BCUT2D eigenvalue weighted by Gasteiger charge is -2.18. The molecule has 0 aliphatic rings. The molecule has 0 heterocycles. The van der Waals surface area contributed by atoms with Gasteiger partial charge in [0.15, 0.2) is 9.84 Å². The van der Waals surface area contributed by atoms with Crippen molar-refractivity contribution < 1.29 is 18.0 Å². The van der Waals surface area contributed by atoms with E-state index in [0.29, 0.717) is 0 Å². The van der Waals surface area contributed by atoms with Gasteiger partial charge in [-0.05, 0) is 0 Å². The van der Waals surface area contributed by atoms with Gasteiger partial charge in [-0.3, -0.25) is 9.59 Å². The number of nitrogens with one attached hydrogen (secondary N) is 2. The first-order valence-electron chi connectivity index (χ1n) is 7.03. The quantitative estimate of drug-likeness (QED) is 0.754. The molecule has 0 aromatic rings. The third-order valence-electron chi connectivity index (χ3n) is 2.76. The van der Waals surface area contributed by atoms with Crippen LogP contribution in [0, 0.1) is 10.8 Å². The van der Waals surface area contributed by atoms with E-state index in [1.54, 1.807) is 41.5 Å². The van der Waals surface area contributed by atoms with Crippen molar-refractivity contribution in [3.8, 4) is 0 Å². The van der Waals surface area contributed by atoms with E-state index in [-0.39, 0.29) is 36.4 Å². The van der Waals surface area contributed by atoms with Gasteiger partial charge in [0.1, 0.15) is 0 Å². The molecule has 124 valence electrons. The van der Waals surface area contributed by atoms with E-state index in [1.807, 2.05) is 0 Å². The van der Waals surface area contributed by atoms with Crippen molar-refractivity contribution in [2.75, 3.05) is 24.6 Å². The van der Waals surface area contributed by atoms with Crippen LogP contribution in [0.5, 0.6) is 0 Å². The number of carbonyl (C=O) groups excluding carboxylic acids is 2. The van der Waals surface area contributed by atoms with Crippen LogP contribution in [0.4, 0.5) is 0 Å². The first kappa shape index (κ1) is 19.9. The Morgan fingerprint density at radius 2 is 1.05 bits per heavy atom. The molecule has 0 spiro atoms. The van der Waals surface area contributed by atoms with E-state index in [9.17, 15) is 18.0 Å². The molecule has 2 amide bonds. The molecule has 0 saturated heterocycles. The van der Waals surface area contributed by atoms with Crippen LogP contribution >= 0.6 is 0 Å². The van der Waals surface area contributed by atoms with Gasteiger partial charge in [0.05, 0.1) is 11.5 Å². The highest BCUT2D eigenvalue weighted by molar-refractivity contribution is 7.91. The SMILES string of the molecule is CC(C)(C)C(=O)NCCS(=O)(=O)CCNC(=O)C(C)(C)C. The van der Waals surface area contributed by atoms with Gasteiger partial charge >= 0.3 is 0 Å². The summed E-state index contributed by atoms with van der Waals surface area (Å²) in [7, 11) is -3.29. The molecular weight excluding hydrogens is 292 g/mol. The summed E-state index contributed by atoms with van der Waals surface area (Å²) in [5.41, 5.74) is -1.07. The molecular formula is C14H28N2O4S. The Kier molecular flexibility index (Phi) is 6.86. The summed E-state index contributed by atoms with van der Waals surface area (Å²) in [6.45, 7) is 10.8. The highest BCUT2D eigenvalue weighted by atomic mass is 32.2. The fourth-order valence-electron chi connectivity index (χ4n) is 1.27. The molecule has 0 unspecified atom stereocenters. The topological polar surface area (TPSA) is 92.3 Å². The summed E-state index contributed by atoms with van der Waals surface area (Å²) < 4.78 is 23.6. The largest absolute Gasteiger partial charge is 0.355 e. The molecule has 0 fully saturated rings. The molecule has 0 aromatic carbocycles. The minimum atomic E-state index is -3.29. The van der Waals surface area contributed by atoms with Crippen molar-refractivity contribution >= 4 is 21.7 Å². The summed E-state index contributed by atoms with van der Waals surface area (Å²) in [4.78, 5) is 23.2. The van der Waals surface area contributed by atoms with Crippen LogP contribution in [0.2, 0.25) is 0 Å². The predicted molar refractivity (Wildman–Crippen MR) is 83.6 cm³/mol. The lowest BCUT2D eigenvalue weighted by Crippen LogP contribution is -2.40. The Hall–Kier alpha value is -1.11. The highest BCUT2D eigenvalue weighted by Crippen LogP contribution is 2.12. The normalized spacial score (nSPS) is 12.9. The zero-order valence-corrected chi connectivity index (χ0v) is 14.7. The molecule has 0 bridgehead atoms. The lowest BCUT2D eigenvalue weighted by molar-refractivity contribution is -0.129. The van der Waals surface area contributed by atoms with Crippen LogP contribution in [0.3, 0.4) is 0 Å². The minimum Gasteiger partial charge on any atom is -0.355 e. The van der Waals surface area contributed by atoms with Crippen LogP contribution in [0.1, 0.15) is 41.5 Å². The molecule has 7 heteroatoms.